The fourth-order valence-electron chi connectivity index (χ4n) is 5.58. The first-order chi connectivity index (χ1) is 26.3. The lowest BCUT2D eigenvalue weighted by atomic mass is 10.1. The van der Waals surface area contributed by atoms with Crippen molar-refractivity contribution in [3.63, 3.8) is 0 Å². The number of para-hydroxylation sites is 1. The third-order valence-corrected chi connectivity index (χ3v) is 10.4. The summed E-state index contributed by atoms with van der Waals surface area (Å²) in [6.07, 6.45) is 3.97. The lowest BCUT2D eigenvalue weighted by molar-refractivity contribution is -0.123. The zero-order chi connectivity index (χ0) is 37.4. The van der Waals surface area contributed by atoms with Crippen molar-refractivity contribution in [2.24, 2.45) is 0 Å². The van der Waals surface area contributed by atoms with Gasteiger partial charge in [-0.15, -0.1) is 21.5 Å². The minimum atomic E-state index is -1.04. The number of nitrogens with one attached hydrogen (secondary N) is 2. The summed E-state index contributed by atoms with van der Waals surface area (Å²) in [6, 6.07) is 33.7. The molecule has 0 saturated heterocycles. The number of esters is 1. The average molecular weight is 754 g/mol. The summed E-state index contributed by atoms with van der Waals surface area (Å²) in [5, 5.41) is 16.1. The van der Waals surface area contributed by atoms with Crippen LogP contribution in [0.25, 0.3) is 27.3 Å². The van der Waals surface area contributed by atoms with Gasteiger partial charge in [0.05, 0.1) is 26.5 Å². The Bertz CT molecular complexity index is 2360. The van der Waals surface area contributed by atoms with Gasteiger partial charge >= 0.3 is 5.97 Å². The number of aryl methyl sites for hydroxylation is 1. The largest absolute Gasteiger partial charge is 0.449 e. The van der Waals surface area contributed by atoms with Gasteiger partial charge in [0.25, 0.3) is 5.91 Å². The summed E-state index contributed by atoms with van der Waals surface area (Å²) in [4.78, 5) is 47.5. The number of benzene rings is 4. The van der Waals surface area contributed by atoms with Crippen molar-refractivity contribution in [2.45, 2.75) is 37.9 Å². The number of thiazole rings is 1. The van der Waals surface area contributed by atoms with E-state index in [0.29, 0.717) is 28.8 Å². The second-order valence-electron chi connectivity index (χ2n) is 12.3. The zero-order valence-electron chi connectivity index (χ0n) is 29.4. The molecule has 0 aliphatic rings. The molecule has 0 saturated carbocycles. The Kier molecular flexibility index (Phi) is 11.2. The lowest BCUT2D eigenvalue weighted by Crippen LogP contribution is -2.30. The number of pyridine rings is 1. The second-order valence-corrected chi connectivity index (χ2v) is 14.4. The van der Waals surface area contributed by atoms with Gasteiger partial charge in [0.1, 0.15) is 0 Å². The fraction of sp³-hybridized carbons (Fsp3) is 0.146. The highest BCUT2D eigenvalue weighted by atomic mass is 32.2. The van der Waals surface area contributed by atoms with E-state index in [0.717, 1.165) is 38.5 Å². The molecule has 0 radical (unpaired) electrons. The highest BCUT2D eigenvalue weighted by Crippen LogP contribution is 2.29. The van der Waals surface area contributed by atoms with Crippen molar-refractivity contribution in [3.05, 3.63) is 143 Å². The van der Waals surface area contributed by atoms with Gasteiger partial charge in [-0.25, -0.2) is 9.78 Å². The molecule has 270 valence electrons. The van der Waals surface area contributed by atoms with Gasteiger partial charge in [-0.05, 0) is 97.3 Å². The van der Waals surface area contributed by atoms with E-state index < -0.39 is 18.0 Å². The molecule has 0 aliphatic carbocycles. The van der Waals surface area contributed by atoms with E-state index in [1.807, 2.05) is 71.3 Å². The van der Waals surface area contributed by atoms with Gasteiger partial charge in [-0.1, -0.05) is 55.1 Å². The van der Waals surface area contributed by atoms with Crippen molar-refractivity contribution in [3.8, 4) is 17.1 Å². The van der Waals surface area contributed by atoms with Crippen molar-refractivity contribution in [1.29, 1.82) is 0 Å². The van der Waals surface area contributed by atoms with E-state index in [1.54, 1.807) is 35.9 Å². The molecule has 0 aliphatic heterocycles. The van der Waals surface area contributed by atoms with E-state index in [1.165, 1.54) is 36.4 Å². The molecule has 1 unspecified atom stereocenters. The third-order valence-electron chi connectivity index (χ3n) is 8.48. The maximum Gasteiger partial charge on any atom is 0.338 e. The van der Waals surface area contributed by atoms with Crippen LogP contribution in [0.5, 0.6) is 0 Å². The van der Waals surface area contributed by atoms with Crippen molar-refractivity contribution in [1.82, 2.24) is 24.7 Å². The molecule has 0 fully saturated rings. The van der Waals surface area contributed by atoms with Crippen molar-refractivity contribution >= 4 is 62.5 Å². The SMILES string of the molecule is CCc1ccc(-n2c(SCC(=O)Nc3ccc(C(=O)OC(C)C(=O)Nc4ccc(Cc5nc6ccccc6s5)cc4)cc3)nnc2-c2ccncc2)cc1. The Morgan fingerprint density at radius 1 is 0.815 bits per heavy atom. The number of nitrogens with zero attached hydrogens (tertiary/aromatic N) is 5. The van der Waals surface area contributed by atoms with Gasteiger partial charge < -0.3 is 15.4 Å². The molecule has 54 heavy (non-hydrogen) atoms. The van der Waals surface area contributed by atoms with Gasteiger partial charge in [0.15, 0.2) is 17.1 Å². The molecule has 13 heteroatoms. The number of anilines is 2. The number of amides is 2. The van der Waals surface area contributed by atoms with Crippen LogP contribution in [0, 0.1) is 0 Å². The first kappa shape index (κ1) is 36.2. The highest BCUT2D eigenvalue weighted by Gasteiger charge is 2.20. The molecule has 2 amide bonds. The maximum absolute atomic E-state index is 13.0. The van der Waals surface area contributed by atoms with E-state index >= 15 is 0 Å². The third kappa shape index (κ3) is 8.71. The molecular formula is C41H35N7O4S2. The van der Waals surface area contributed by atoms with Crippen LogP contribution >= 0.6 is 23.1 Å². The number of ether oxygens (including phenoxy) is 1. The summed E-state index contributed by atoms with van der Waals surface area (Å²) < 4.78 is 8.52. The Labute approximate surface area is 319 Å². The summed E-state index contributed by atoms with van der Waals surface area (Å²) in [5.74, 6) is -0.653. The van der Waals surface area contributed by atoms with Gasteiger partial charge in [0, 0.05) is 41.4 Å². The number of rotatable bonds is 13. The van der Waals surface area contributed by atoms with Crippen LogP contribution < -0.4 is 10.6 Å². The minimum absolute atomic E-state index is 0.0732. The van der Waals surface area contributed by atoms with E-state index in [-0.39, 0.29) is 17.2 Å². The molecule has 7 rings (SSSR count). The van der Waals surface area contributed by atoms with Crippen molar-refractivity contribution < 1.29 is 19.1 Å². The van der Waals surface area contributed by atoms with Crippen LogP contribution in [-0.2, 0) is 27.2 Å². The van der Waals surface area contributed by atoms with Crippen LogP contribution in [0.3, 0.4) is 0 Å². The zero-order valence-corrected chi connectivity index (χ0v) is 31.1. The number of carbonyl (C=O) groups excluding carboxylic acids is 3. The topological polar surface area (TPSA) is 141 Å². The molecule has 4 aromatic carbocycles. The number of hydrogen-bond acceptors (Lipinski definition) is 10. The normalized spacial score (nSPS) is 11.6. The predicted octanol–water partition coefficient (Wildman–Crippen LogP) is 8.01. The van der Waals surface area contributed by atoms with E-state index in [9.17, 15) is 14.4 Å². The summed E-state index contributed by atoms with van der Waals surface area (Å²) in [6.45, 7) is 3.62. The molecular weight excluding hydrogens is 719 g/mol. The standard InChI is InChI=1S/C41H35N7O4S2/c1-3-27-10-18-33(19-11-27)48-38(29-20-22-42-23-21-29)46-47-41(48)53-25-36(49)43-31-16-12-30(13-17-31)40(51)52-26(2)39(50)44-32-14-8-28(9-15-32)24-37-45-34-6-4-5-7-35(34)54-37/h4-23,26H,3,24-25H2,1-2H3,(H,43,49)(H,44,50). The lowest BCUT2D eigenvalue weighted by Gasteiger charge is -2.14. The van der Waals surface area contributed by atoms with Gasteiger partial charge in [-0.3, -0.25) is 19.1 Å². The maximum atomic E-state index is 13.0. The van der Waals surface area contributed by atoms with Crippen LogP contribution in [0.4, 0.5) is 11.4 Å². The molecule has 7 aromatic rings. The molecule has 1 atom stereocenters. The monoisotopic (exact) mass is 753 g/mol. The van der Waals surface area contributed by atoms with E-state index in [4.69, 9.17) is 4.74 Å². The smallest absolute Gasteiger partial charge is 0.338 e. The number of thioether (sulfide) groups is 1. The summed E-state index contributed by atoms with van der Waals surface area (Å²) >= 11 is 2.93. The van der Waals surface area contributed by atoms with Gasteiger partial charge in [0.2, 0.25) is 5.91 Å². The van der Waals surface area contributed by atoms with Gasteiger partial charge in [-0.2, -0.15) is 0 Å². The molecule has 3 heterocycles. The Hall–Kier alpha value is -6.18. The molecule has 2 N–H and O–H groups in total. The summed E-state index contributed by atoms with van der Waals surface area (Å²) in [5.41, 5.74) is 6.34. The van der Waals surface area contributed by atoms with Crippen LogP contribution in [0.1, 0.15) is 40.3 Å². The van der Waals surface area contributed by atoms with Crippen LogP contribution in [0.2, 0.25) is 0 Å². The second kappa shape index (κ2) is 16.7. The van der Waals surface area contributed by atoms with Crippen LogP contribution in [0.15, 0.2) is 127 Å². The molecule has 11 nitrogen and oxygen atoms in total. The number of hydrogen-bond donors (Lipinski definition) is 2. The Balaban J connectivity index is 0.905. The molecule has 3 aromatic heterocycles. The average Bonchev–Trinajstić information content (AvgIpc) is 3.82. The number of carbonyl (C=O) groups is 3. The minimum Gasteiger partial charge on any atom is -0.449 e. The Morgan fingerprint density at radius 2 is 1.50 bits per heavy atom. The Morgan fingerprint density at radius 3 is 2.22 bits per heavy atom. The number of aromatic nitrogens is 5. The first-order valence-corrected chi connectivity index (χ1v) is 19.1. The summed E-state index contributed by atoms with van der Waals surface area (Å²) in [7, 11) is 0. The highest BCUT2D eigenvalue weighted by molar-refractivity contribution is 7.99. The van der Waals surface area contributed by atoms with Crippen molar-refractivity contribution in [2.75, 3.05) is 16.4 Å². The fourth-order valence-corrected chi connectivity index (χ4v) is 7.34. The first-order valence-electron chi connectivity index (χ1n) is 17.3. The van der Waals surface area contributed by atoms with Crippen LogP contribution in [-0.4, -0.2) is 54.4 Å². The number of fused-ring (bicyclic) bond motifs is 1. The molecule has 0 bridgehead atoms. The molecule has 0 spiro atoms. The van der Waals surface area contributed by atoms with E-state index in [2.05, 4.69) is 55.9 Å². The predicted molar refractivity (Wildman–Crippen MR) is 212 cm³/mol. The quantitative estimate of drug-likeness (QED) is 0.0885.